The Balaban J connectivity index is 1.81. The zero-order valence-electron chi connectivity index (χ0n) is 15.2. The van der Waals surface area contributed by atoms with Crippen LogP contribution in [0.2, 0.25) is 0 Å². The number of nitrogens with one attached hydrogen (secondary N) is 2. The number of hydrogen-bond acceptors (Lipinski definition) is 3. The zero-order valence-corrected chi connectivity index (χ0v) is 15.2. The van der Waals surface area contributed by atoms with Crippen LogP contribution in [-0.4, -0.2) is 42.5 Å². The van der Waals surface area contributed by atoms with Crippen molar-refractivity contribution >= 4 is 6.03 Å². The molecule has 3 N–H and O–H groups in total. The van der Waals surface area contributed by atoms with Crippen LogP contribution in [0.15, 0.2) is 0 Å². The van der Waals surface area contributed by atoms with Gasteiger partial charge in [0.05, 0.1) is 12.2 Å². The number of carbonyl (C=O) groups is 1. The number of carbonyl (C=O) groups excluding carboxylic acids is 1. The number of urea groups is 1. The Hall–Kier alpha value is -0.810. The first-order valence-corrected chi connectivity index (χ1v) is 9.13. The van der Waals surface area contributed by atoms with Gasteiger partial charge in [0.1, 0.15) is 0 Å². The minimum atomic E-state index is -0.352. The van der Waals surface area contributed by atoms with Crippen molar-refractivity contribution in [3.05, 3.63) is 0 Å². The summed E-state index contributed by atoms with van der Waals surface area (Å²) in [5, 5.41) is 15.7. The molecule has 0 radical (unpaired) electrons. The summed E-state index contributed by atoms with van der Waals surface area (Å²) >= 11 is 0. The lowest BCUT2D eigenvalue weighted by molar-refractivity contribution is -0.126. The van der Waals surface area contributed by atoms with Gasteiger partial charge in [0.2, 0.25) is 0 Å². The van der Waals surface area contributed by atoms with Gasteiger partial charge in [0.25, 0.3) is 0 Å². The third-order valence-electron chi connectivity index (χ3n) is 5.57. The second-order valence-electron chi connectivity index (χ2n) is 8.22. The highest BCUT2D eigenvalue weighted by atomic mass is 16.5. The molecular formula is C18H34N2O3. The fourth-order valence-electron chi connectivity index (χ4n) is 4.49. The van der Waals surface area contributed by atoms with Gasteiger partial charge in [0, 0.05) is 24.6 Å². The molecule has 2 saturated carbocycles. The normalized spacial score (nSPS) is 27.5. The first kappa shape index (κ1) is 18.5. The van der Waals surface area contributed by atoms with Crippen molar-refractivity contribution in [2.45, 2.75) is 84.5 Å². The Morgan fingerprint density at radius 2 is 2.04 bits per heavy atom. The van der Waals surface area contributed by atoms with Crippen molar-refractivity contribution in [3.63, 3.8) is 0 Å². The van der Waals surface area contributed by atoms with Crippen LogP contribution in [0.1, 0.15) is 66.2 Å². The van der Waals surface area contributed by atoms with Gasteiger partial charge in [-0.25, -0.2) is 4.79 Å². The van der Waals surface area contributed by atoms with E-state index in [9.17, 15) is 9.90 Å². The van der Waals surface area contributed by atoms with Crippen LogP contribution >= 0.6 is 0 Å². The molecule has 5 heteroatoms. The summed E-state index contributed by atoms with van der Waals surface area (Å²) in [5.74, 6) is 0. The number of ether oxygens (including phenoxy) is 1. The van der Waals surface area contributed by atoms with E-state index in [0.717, 1.165) is 25.9 Å². The SMILES string of the molecule is CCOC1CC(NC(=O)NCC(C)(C)CC(C)O)C12CCCC2. The zero-order chi connectivity index (χ0) is 17.1. The van der Waals surface area contributed by atoms with Gasteiger partial charge in [-0.15, -0.1) is 0 Å². The molecule has 0 bridgehead atoms. The third-order valence-corrected chi connectivity index (χ3v) is 5.57. The molecule has 2 rings (SSSR count). The predicted octanol–water partition coefficient (Wildman–Crippen LogP) is 2.82. The molecule has 2 aliphatic carbocycles. The highest BCUT2D eigenvalue weighted by Gasteiger charge is 2.57. The molecule has 2 amide bonds. The van der Waals surface area contributed by atoms with E-state index < -0.39 is 0 Å². The minimum Gasteiger partial charge on any atom is -0.393 e. The third kappa shape index (κ3) is 4.38. The monoisotopic (exact) mass is 326 g/mol. The van der Waals surface area contributed by atoms with Crippen molar-refractivity contribution in [2.24, 2.45) is 10.8 Å². The molecule has 0 saturated heterocycles. The molecular weight excluding hydrogens is 292 g/mol. The van der Waals surface area contributed by atoms with Crippen molar-refractivity contribution in [1.82, 2.24) is 10.6 Å². The van der Waals surface area contributed by atoms with E-state index in [1.54, 1.807) is 6.92 Å². The lowest BCUT2D eigenvalue weighted by atomic mass is 9.60. The van der Waals surface area contributed by atoms with Gasteiger partial charge in [-0.2, -0.15) is 0 Å². The van der Waals surface area contributed by atoms with Crippen molar-refractivity contribution in [2.75, 3.05) is 13.2 Å². The molecule has 2 aliphatic rings. The fraction of sp³-hybridized carbons (Fsp3) is 0.944. The van der Waals surface area contributed by atoms with Gasteiger partial charge < -0.3 is 20.5 Å². The molecule has 0 aromatic heterocycles. The van der Waals surface area contributed by atoms with E-state index in [1.165, 1.54) is 12.8 Å². The molecule has 5 nitrogen and oxygen atoms in total. The number of aliphatic hydroxyl groups excluding tert-OH is 1. The molecule has 2 fully saturated rings. The van der Waals surface area contributed by atoms with Crippen LogP contribution in [0.4, 0.5) is 4.79 Å². The number of aliphatic hydroxyl groups is 1. The van der Waals surface area contributed by atoms with E-state index >= 15 is 0 Å². The van der Waals surface area contributed by atoms with Gasteiger partial charge in [-0.1, -0.05) is 26.7 Å². The van der Waals surface area contributed by atoms with Crippen LogP contribution in [-0.2, 0) is 4.74 Å². The standard InChI is InChI=1S/C18H34N2O3/c1-5-23-15-10-14(18(15)8-6-7-9-18)20-16(22)19-12-17(3,4)11-13(2)21/h13-15,21H,5-12H2,1-4H3,(H2,19,20,22). The quantitative estimate of drug-likeness (QED) is 0.674. The first-order valence-electron chi connectivity index (χ1n) is 9.13. The van der Waals surface area contributed by atoms with Gasteiger partial charge in [-0.3, -0.25) is 0 Å². The lowest BCUT2D eigenvalue weighted by Crippen LogP contribution is -2.65. The summed E-state index contributed by atoms with van der Waals surface area (Å²) in [6.07, 6.45) is 6.37. The van der Waals surface area contributed by atoms with Crippen molar-refractivity contribution < 1.29 is 14.6 Å². The first-order chi connectivity index (χ1) is 10.8. The lowest BCUT2D eigenvalue weighted by Gasteiger charge is -2.54. The Morgan fingerprint density at radius 1 is 1.39 bits per heavy atom. The summed E-state index contributed by atoms with van der Waals surface area (Å²) < 4.78 is 5.89. The maximum atomic E-state index is 12.3. The maximum absolute atomic E-state index is 12.3. The summed E-state index contributed by atoms with van der Waals surface area (Å²) in [6.45, 7) is 9.27. The summed E-state index contributed by atoms with van der Waals surface area (Å²) in [4.78, 5) is 12.3. The van der Waals surface area contributed by atoms with E-state index in [-0.39, 0.29) is 29.0 Å². The Morgan fingerprint density at radius 3 is 2.61 bits per heavy atom. The summed E-state index contributed by atoms with van der Waals surface area (Å²) in [5.41, 5.74) is 0.0620. The van der Waals surface area contributed by atoms with Crippen molar-refractivity contribution in [3.8, 4) is 0 Å². The van der Waals surface area contributed by atoms with Crippen LogP contribution in [0.3, 0.4) is 0 Å². The predicted molar refractivity (Wildman–Crippen MR) is 91.3 cm³/mol. The van der Waals surface area contributed by atoms with Crippen LogP contribution in [0.5, 0.6) is 0 Å². The number of hydrogen-bond donors (Lipinski definition) is 3. The van der Waals surface area contributed by atoms with E-state index in [1.807, 2.05) is 6.92 Å². The minimum absolute atomic E-state index is 0.0881. The average Bonchev–Trinajstić information content (AvgIpc) is 2.95. The molecule has 1 spiro atoms. The second kappa shape index (κ2) is 7.39. The van der Waals surface area contributed by atoms with Crippen LogP contribution in [0.25, 0.3) is 0 Å². The Kier molecular flexibility index (Phi) is 5.95. The topological polar surface area (TPSA) is 70.6 Å². The molecule has 23 heavy (non-hydrogen) atoms. The Bertz CT molecular complexity index is 403. The molecule has 0 aromatic rings. The van der Waals surface area contributed by atoms with Gasteiger partial charge in [-0.05, 0) is 44.9 Å². The highest BCUT2D eigenvalue weighted by molar-refractivity contribution is 5.74. The molecule has 0 aromatic carbocycles. The molecule has 0 heterocycles. The largest absolute Gasteiger partial charge is 0.393 e. The Labute approximate surface area is 140 Å². The van der Waals surface area contributed by atoms with Gasteiger partial charge >= 0.3 is 6.03 Å². The van der Waals surface area contributed by atoms with E-state index in [0.29, 0.717) is 19.1 Å². The fourth-order valence-corrected chi connectivity index (χ4v) is 4.49. The molecule has 3 atom stereocenters. The van der Waals surface area contributed by atoms with Gasteiger partial charge in [0.15, 0.2) is 0 Å². The second-order valence-corrected chi connectivity index (χ2v) is 8.22. The van der Waals surface area contributed by atoms with Crippen molar-refractivity contribution in [1.29, 1.82) is 0 Å². The van der Waals surface area contributed by atoms with Crippen LogP contribution in [0, 0.1) is 10.8 Å². The summed E-state index contributed by atoms with van der Waals surface area (Å²) in [6, 6.07) is 0.149. The molecule has 0 aliphatic heterocycles. The van der Waals surface area contributed by atoms with Crippen LogP contribution < -0.4 is 10.6 Å². The number of amides is 2. The maximum Gasteiger partial charge on any atom is 0.315 e. The smallest absolute Gasteiger partial charge is 0.315 e. The molecule has 134 valence electrons. The summed E-state index contributed by atoms with van der Waals surface area (Å²) in [7, 11) is 0. The van der Waals surface area contributed by atoms with E-state index in [4.69, 9.17) is 4.74 Å². The van der Waals surface area contributed by atoms with E-state index in [2.05, 4.69) is 24.5 Å². The molecule has 3 unspecified atom stereocenters. The number of rotatable bonds is 7. The highest BCUT2D eigenvalue weighted by Crippen LogP contribution is 2.54. The average molecular weight is 326 g/mol.